The molecule has 6 heteroatoms. The van der Waals surface area contributed by atoms with Crippen molar-refractivity contribution in [2.24, 2.45) is 11.8 Å². The largest absolute Gasteiger partial charge is 0.392 e. The van der Waals surface area contributed by atoms with E-state index in [2.05, 4.69) is 15.9 Å². The highest BCUT2D eigenvalue weighted by Gasteiger charge is 2.48. The van der Waals surface area contributed by atoms with Crippen molar-refractivity contribution in [1.29, 1.82) is 0 Å². The van der Waals surface area contributed by atoms with Crippen LogP contribution in [0.3, 0.4) is 0 Å². The summed E-state index contributed by atoms with van der Waals surface area (Å²) < 4.78 is 39.6. The van der Waals surface area contributed by atoms with Crippen LogP contribution in [0.5, 0.6) is 0 Å². The molecule has 1 fully saturated rings. The lowest BCUT2D eigenvalue weighted by atomic mass is 9.75. The van der Waals surface area contributed by atoms with Crippen molar-refractivity contribution < 1.29 is 18.3 Å². The van der Waals surface area contributed by atoms with Crippen molar-refractivity contribution in [3.63, 3.8) is 0 Å². The molecule has 1 aliphatic rings. The second kappa shape index (κ2) is 5.51. The second-order valence-electron chi connectivity index (χ2n) is 4.67. The van der Waals surface area contributed by atoms with Crippen molar-refractivity contribution in [1.82, 2.24) is 0 Å². The molecule has 0 aromatic carbocycles. The van der Waals surface area contributed by atoms with E-state index in [1.54, 1.807) is 11.4 Å². The van der Waals surface area contributed by atoms with Gasteiger partial charge in [-0.15, -0.1) is 11.3 Å². The summed E-state index contributed by atoms with van der Waals surface area (Å²) in [4.78, 5) is 0.608. The van der Waals surface area contributed by atoms with Crippen molar-refractivity contribution in [3.8, 4) is 0 Å². The van der Waals surface area contributed by atoms with Crippen LogP contribution < -0.4 is 0 Å². The molecule has 1 aliphatic carbocycles. The van der Waals surface area contributed by atoms with Crippen molar-refractivity contribution in [3.05, 3.63) is 20.8 Å². The number of hydrogen-bond donors (Lipinski definition) is 1. The van der Waals surface area contributed by atoms with Crippen LogP contribution in [0.4, 0.5) is 13.2 Å². The van der Waals surface area contributed by atoms with E-state index in [0.717, 1.165) is 6.42 Å². The summed E-state index contributed by atoms with van der Waals surface area (Å²) in [6, 6.07) is 1.76. The van der Waals surface area contributed by atoms with E-state index in [0.29, 0.717) is 22.2 Å². The lowest BCUT2D eigenvalue weighted by Gasteiger charge is -2.35. The molecule has 3 atom stereocenters. The number of hydrogen-bond acceptors (Lipinski definition) is 2. The Kier molecular flexibility index (Phi) is 4.39. The zero-order valence-electron chi connectivity index (χ0n) is 9.58. The van der Waals surface area contributed by atoms with E-state index in [9.17, 15) is 18.3 Å². The Morgan fingerprint density at radius 2 is 2.00 bits per heavy atom. The van der Waals surface area contributed by atoms with Crippen LogP contribution in [0, 0.1) is 11.8 Å². The summed E-state index contributed by atoms with van der Waals surface area (Å²) in [5, 5.41) is 12.0. The molecular weight excluding hydrogens is 329 g/mol. The molecule has 1 aromatic rings. The Morgan fingerprint density at radius 3 is 2.56 bits per heavy atom. The van der Waals surface area contributed by atoms with Crippen molar-refractivity contribution >= 4 is 27.3 Å². The molecule has 0 radical (unpaired) electrons. The Labute approximate surface area is 116 Å². The van der Waals surface area contributed by atoms with Gasteiger partial charge in [-0.25, -0.2) is 0 Å². The van der Waals surface area contributed by atoms with Gasteiger partial charge >= 0.3 is 6.18 Å². The van der Waals surface area contributed by atoms with E-state index in [-0.39, 0.29) is 6.42 Å². The van der Waals surface area contributed by atoms with Crippen LogP contribution in [-0.4, -0.2) is 11.3 Å². The Hall–Kier alpha value is -0.0700. The van der Waals surface area contributed by atoms with Crippen LogP contribution >= 0.6 is 27.3 Å². The summed E-state index contributed by atoms with van der Waals surface area (Å²) in [6.07, 6.45) is -3.30. The van der Waals surface area contributed by atoms with Gasteiger partial charge in [0.25, 0.3) is 0 Å². The molecule has 1 aromatic heterocycles. The SMILES string of the molecule is OC(c1sccc1Br)C1CCCCC1C(F)(F)F. The molecule has 1 N–H and O–H groups in total. The zero-order valence-corrected chi connectivity index (χ0v) is 12.0. The molecule has 18 heavy (non-hydrogen) atoms. The fraction of sp³-hybridized carbons (Fsp3) is 0.667. The molecule has 0 spiro atoms. The number of alkyl halides is 3. The smallest absolute Gasteiger partial charge is 0.387 e. The Balaban J connectivity index is 2.22. The summed E-state index contributed by atoms with van der Waals surface area (Å²) in [7, 11) is 0. The van der Waals surface area contributed by atoms with E-state index < -0.39 is 24.1 Å². The van der Waals surface area contributed by atoms with E-state index >= 15 is 0 Å². The molecule has 0 bridgehead atoms. The average molecular weight is 343 g/mol. The number of aliphatic hydroxyl groups is 1. The average Bonchev–Trinajstić information content (AvgIpc) is 2.73. The highest BCUT2D eigenvalue weighted by Crippen LogP contribution is 2.48. The number of thiophene rings is 1. The number of aliphatic hydroxyl groups excluding tert-OH is 1. The van der Waals surface area contributed by atoms with Crippen LogP contribution in [0.2, 0.25) is 0 Å². The lowest BCUT2D eigenvalue weighted by molar-refractivity contribution is -0.207. The summed E-state index contributed by atoms with van der Waals surface area (Å²) in [5.41, 5.74) is 0. The van der Waals surface area contributed by atoms with E-state index in [1.807, 2.05) is 0 Å². The van der Waals surface area contributed by atoms with E-state index in [4.69, 9.17) is 0 Å². The maximum absolute atomic E-state index is 13.0. The number of halogens is 4. The maximum Gasteiger partial charge on any atom is 0.392 e. The maximum atomic E-state index is 13.0. The third kappa shape index (κ3) is 2.91. The van der Waals surface area contributed by atoms with Gasteiger partial charge in [0, 0.05) is 15.3 Å². The molecule has 1 nitrogen and oxygen atoms in total. The highest BCUT2D eigenvalue weighted by atomic mass is 79.9. The summed E-state index contributed by atoms with van der Waals surface area (Å²) in [6.45, 7) is 0. The lowest BCUT2D eigenvalue weighted by Crippen LogP contribution is -2.36. The third-order valence-corrected chi connectivity index (χ3v) is 5.50. The second-order valence-corrected chi connectivity index (χ2v) is 6.48. The minimum absolute atomic E-state index is 0.133. The van der Waals surface area contributed by atoms with Gasteiger partial charge in [-0.05, 0) is 40.2 Å². The van der Waals surface area contributed by atoms with Gasteiger partial charge in [0.15, 0.2) is 0 Å². The zero-order chi connectivity index (χ0) is 13.3. The van der Waals surface area contributed by atoms with Gasteiger partial charge in [0.1, 0.15) is 0 Å². The fourth-order valence-corrected chi connectivity index (χ4v) is 4.32. The molecule has 3 unspecified atom stereocenters. The molecule has 1 heterocycles. The summed E-state index contributed by atoms with van der Waals surface area (Å²) in [5.74, 6) is -2.09. The monoisotopic (exact) mass is 342 g/mol. The minimum atomic E-state index is -4.21. The standard InChI is InChI=1S/C12H14BrF3OS/c13-9-5-6-18-11(9)10(17)7-3-1-2-4-8(7)12(14,15)16/h5-8,10,17H,1-4H2. The first-order valence-electron chi connectivity index (χ1n) is 5.89. The van der Waals surface area contributed by atoms with Crippen LogP contribution in [-0.2, 0) is 0 Å². The normalized spacial score (nSPS) is 27.2. The Bertz CT molecular complexity index is 404. The van der Waals surface area contributed by atoms with Crippen LogP contribution in [0.25, 0.3) is 0 Å². The summed E-state index contributed by atoms with van der Waals surface area (Å²) >= 11 is 4.57. The molecule has 0 saturated heterocycles. The first kappa shape index (κ1) is 14.3. The molecule has 0 amide bonds. The highest BCUT2D eigenvalue weighted by molar-refractivity contribution is 9.10. The van der Waals surface area contributed by atoms with Crippen LogP contribution in [0.1, 0.15) is 36.7 Å². The third-order valence-electron chi connectivity index (χ3n) is 3.56. The van der Waals surface area contributed by atoms with Gasteiger partial charge < -0.3 is 5.11 Å². The van der Waals surface area contributed by atoms with Crippen LogP contribution in [0.15, 0.2) is 15.9 Å². The van der Waals surface area contributed by atoms with Gasteiger partial charge in [0.05, 0.1) is 12.0 Å². The van der Waals surface area contributed by atoms with Gasteiger partial charge in [-0.2, -0.15) is 13.2 Å². The quantitative estimate of drug-likeness (QED) is 0.809. The molecule has 2 rings (SSSR count). The Morgan fingerprint density at radius 1 is 1.33 bits per heavy atom. The van der Waals surface area contributed by atoms with Crippen molar-refractivity contribution in [2.75, 3.05) is 0 Å². The predicted octanol–water partition coefficient (Wildman–Crippen LogP) is 4.91. The van der Waals surface area contributed by atoms with Gasteiger partial charge in [0.2, 0.25) is 0 Å². The molecular formula is C12H14BrF3OS. The number of rotatable bonds is 2. The molecule has 1 saturated carbocycles. The fourth-order valence-electron chi connectivity index (χ4n) is 2.65. The van der Waals surface area contributed by atoms with Gasteiger partial charge in [-0.3, -0.25) is 0 Å². The first-order valence-corrected chi connectivity index (χ1v) is 7.56. The first-order chi connectivity index (χ1) is 8.41. The molecule has 102 valence electrons. The minimum Gasteiger partial charge on any atom is -0.387 e. The van der Waals surface area contributed by atoms with E-state index in [1.165, 1.54) is 11.3 Å². The van der Waals surface area contributed by atoms with Gasteiger partial charge in [-0.1, -0.05) is 12.8 Å². The topological polar surface area (TPSA) is 20.2 Å². The molecule has 0 aliphatic heterocycles. The predicted molar refractivity (Wildman–Crippen MR) is 68.5 cm³/mol. The van der Waals surface area contributed by atoms with Crippen molar-refractivity contribution in [2.45, 2.75) is 38.0 Å².